The lowest BCUT2D eigenvalue weighted by molar-refractivity contribution is 0.690. The molecule has 1 heterocycles. The second kappa shape index (κ2) is 6.71. The van der Waals surface area contributed by atoms with Crippen LogP contribution in [0.5, 0.6) is 0 Å². The van der Waals surface area contributed by atoms with Gasteiger partial charge in [0.25, 0.3) is 0 Å². The maximum atomic E-state index is 3.36. The lowest BCUT2D eigenvalue weighted by Crippen LogP contribution is -2.02. The minimum Gasteiger partial charge on any atom is -0.136 e. The van der Waals surface area contributed by atoms with Crippen molar-refractivity contribution in [3.8, 4) is 0 Å². The van der Waals surface area contributed by atoms with Crippen molar-refractivity contribution in [2.24, 2.45) is 0 Å². The van der Waals surface area contributed by atoms with Crippen LogP contribution in [0.3, 0.4) is 0 Å². The molecule has 0 saturated heterocycles. The number of nitrogens with zero attached hydrogens (tertiary/aromatic N) is 4. The third-order valence-corrected chi connectivity index (χ3v) is 4.60. The van der Waals surface area contributed by atoms with E-state index in [9.17, 15) is 0 Å². The Balaban J connectivity index is 0.000000207. The standard InChI is InChI=1S/C18H16.C2H2N4/c1-3-7-15-13(5-1)9-11-18-16-8-4-2-6-14(16)10-12-17(15)18;1-2-4-6-5-3-1/h1,3,5,7,9-12H,2,4,6,8H2;1-2H. The molecule has 1 aliphatic rings. The molecule has 0 amide bonds. The molecule has 5 rings (SSSR count). The van der Waals surface area contributed by atoms with E-state index < -0.39 is 0 Å². The monoisotopic (exact) mass is 314 g/mol. The second-order valence-electron chi connectivity index (χ2n) is 6.00. The predicted octanol–water partition coefficient (Wildman–Crippen LogP) is 4.14. The van der Waals surface area contributed by atoms with Gasteiger partial charge in [0.15, 0.2) is 0 Å². The molecule has 4 heteroatoms. The maximum absolute atomic E-state index is 3.36. The summed E-state index contributed by atoms with van der Waals surface area (Å²) >= 11 is 0. The van der Waals surface area contributed by atoms with Crippen molar-refractivity contribution in [2.45, 2.75) is 25.7 Å². The van der Waals surface area contributed by atoms with Gasteiger partial charge in [-0.2, -0.15) is 0 Å². The lowest BCUT2D eigenvalue weighted by Gasteiger charge is -2.18. The minimum atomic E-state index is 1.25. The van der Waals surface area contributed by atoms with Gasteiger partial charge in [0.2, 0.25) is 0 Å². The van der Waals surface area contributed by atoms with Crippen LogP contribution in [0, 0.1) is 0 Å². The molecular weight excluding hydrogens is 296 g/mol. The summed E-state index contributed by atoms with van der Waals surface area (Å²) in [6.45, 7) is 0. The van der Waals surface area contributed by atoms with E-state index in [2.05, 4.69) is 69.2 Å². The van der Waals surface area contributed by atoms with Crippen molar-refractivity contribution in [1.29, 1.82) is 0 Å². The summed E-state index contributed by atoms with van der Waals surface area (Å²) in [6, 6.07) is 18.0. The van der Waals surface area contributed by atoms with Crippen LogP contribution in [0.15, 0.2) is 60.9 Å². The summed E-state index contributed by atoms with van der Waals surface area (Å²) in [5.41, 5.74) is 3.17. The first-order chi connectivity index (χ1) is 11.9. The third-order valence-electron chi connectivity index (χ3n) is 4.60. The molecule has 0 spiro atoms. The Morgan fingerprint density at radius 1 is 0.625 bits per heavy atom. The molecule has 0 fully saturated rings. The number of aromatic nitrogens is 4. The van der Waals surface area contributed by atoms with Crippen molar-refractivity contribution in [2.75, 3.05) is 0 Å². The van der Waals surface area contributed by atoms with Gasteiger partial charge in [-0.3, -0.25) is 0 Å². The van der Waals surface area contributed by atoms with Crippen molar-refractivity contribution in [3.05, 3.63) is 72.1 Å². The van der Waals surface area contributed by atoms with E-state index in [4.69, 9.17) is 0 Å². The first-order valence-electron chi connectivity index (χ1n) is 8.31. The Bertz CT molecular complexity index is 940. The van der Waals surface area contributed by atoms with Crippen LogP contribution in [0.1, 0.15) is 24.0 Å². The highest BCUT2D eigenvalue weighted by Gasteiger charge is 2.13. The summed E-state index contributed by atoms with van der Waals surface area (Å²) in [4.78, 5) is 0. The molecule has 0 saturated carbocycles. The van der Waals surface area contributed by atoms with Crippen LogP contribution < -0.4 is 0 Å². The van der Waals surface area contributed by atoms with Crippen molar-refractivity contribution in [3.63, 3.8) is 0 Å². The van der Waals surface area contributed by atoms with Crippen LogP contribution in [0.4, 0.5) is 0 Å². The molecular formula is C20H18N4. The topological polar surface area (TPSA) is 51.6 Å². The summed E-state index contributed by atoms with van der Waals surface area (Å²) < 4.78 is 0. The highest BCUT2D eigenvalue weighted by molar-refractivity contribution is 6.08. The van der Waals surface area contributed by atoms with E-state index in [0.717, 1.165) is 0 Å². The molecule has 0 N–H and O–H groups in total. The third kappa shape index (κ3) is 2.83. The first kappa shape index (κ1) is 14.7. The molecule has 24 heavy (non-hydrogen) atoms. The molecule has 4 nitrogen and oxygen atoms in total. The SMILES string of the molecule is c1ccc2c(c1)ccc1c3c(ccc12)CCCC3.c1cnnnn1. The number of rotatable bonds is 0. The number of hydrogen-bond donors (Lipinski definition) is 0. The van der Waals surface area contributed by atoms with E-state index in [1.807, 2.05) is 0 Å². The Morgan fingerprint density at radius 2 is 1.38 bits per heavy atom. The van der Waals surface area contributed by atoms with Crippen LogP contribution in [-0.4, -0.2) is 20.6 Å². The smallest absolute Gasteiger partial charge is 0.0716 e. The van der Waals surface area contributed by atoms with E-state index >= 15 is 0 Å². The molecule has 1 aliphatic carbocycles. The van der Waals surface area contributed by atoms with Crippen LogP contribution in [0.25, 0.3) is 21.5 Å². The zero-order chi connectivity index (χ0) is 16.2. The average molecular weight is 314 g/mol. The van der Waals surface area contributed by atoms with Gasteiger partial charge in [-0.25, -0.2) is 0 Å². The summed E-state index contributed by atoms with van der Waals surface area (Å²) in [5, 5.41) is 18.7. The van der Waals surface area contributed by atoms with Crippen molar-refractivity contribution < 1.29 is 0 Å². The minimum absolute atomic E-state index is 1.25. The molecule has 4 aromatic rings. The number of fused-ring (bicyclic) bond motifs is 5. The highest BCUT2D eigenvalue weighted by atomic mass is 15.4. The molecule has 0 bridgehead atoms. The zero-order valence-electron chi connectivity index (χ0n) is 13.4. The molecule has 3 aromatic carbocycles. The summed E-state index contributed by atoms with van der Waals surface area (Å²) in [7, 11) is 0. The van der Waals surface area contributed by atoms with E-state index in [1.54, 1.807) is 11.1 Å². The molecule has 0 aliphatic heterocycles. The Labute approximate surface area is 140 Å². The molecule has 1 aromatic heterocycles. The fourth-order valence-corrected chi connectivity index (χ4v) is 3.51. The van der Waals surface area contributed by atoms with E-state index in [1.165, 1.54) is 59.6 Å². The van der Waals surface area contributed by atoms with Gasteiger partial charge in [0, 0.05) is 0 Å². The van der Waals surface area contributed by atoms with Gasteiger partial charge in [0.05, 0.1) is 12.4 Å². The number of benzene rings is 3. The predicted molar refractivity (Wildman–Crippen MR) is 95.7 cm³/mol. The lowest BCUT2D eigenvalue weighted by atomic mass is 9.86. The van der Waals surface area contributed by atoms with Crippen LogP contribution >= 0.6 is 0 Å². The quantitative estimate of drug-likeness (QED) is 0.458. The van der Waals surface area contributed by atoms with Crippen LogP contribution in [0.2, 0.25) is 0 Å². The fourth-order valence-electron chi connectivity index (χ4n) is 3.51. The van der Waals surface area contributed by atoms with Gasteiger partial charge in [-0.15, -0.1) is 10.2 Å². The Kier molecular flexibility index (Phi) is 4.11. The van der Waals surface area contributed by atoms with Gasteiger partial charge in [-0.05, 0) is 68.8 Å². The summed E-state index contributed by atoms with van der Waals surface area (Å²) in [5.74, 6) is 0. The van der Waals surface area contributed by atoms with Crippen LogP contribution in [-0.2, 0) is 12.8 Å². The average Bonchev–Trinajstić information content (AvgIpc) is 2.69. The fraction of sp³-hybridized carbons (Fsp3) is 0.200. The van der Waals surface area contributed by atoms with E-state index in [-0.39, 0.29) is 0 Å². The van der Waals surface area contributed by atoms with E-state index in [0.29, 0.717) is 0 Å². The summed E-state index contributed by atoms with van der Waals surface area (Å²) in [6.07, 6.45) is 8.15. The molecule has 0 atom stereocenters. The molecule has 0 unspecified atom stereocenters. The normalized spacial score (nSPS) is 13.2. The second-order valence-corrected chi connectivity index (χ2v) is 6.00. The number of hydrogen-bond acceptors (Lipinski definition) is 4. The zero-order valence-corrected chi connectivity index (χ0v) is 13.4. The van der Waals surface area contributed by atoms with Gasteiger partial charge >= 0.3 is 0 Å². The maximum Gasteiger partial charge on any atom is 0.0716 e. The first-order valence-corrected chi connectivity index (χ1v) is 8.31. The highest BCUT2D eigenvalue weighted by Crippen LogP contribution is 2.33. The van der Waals surface area contributed by atoms with Gasteiger partial charge in [-0.1, -0.05) is 48.5 Å². The van der Waals surface area contributed by atoms with Gasteiger partial charge in [0.1, 0.15) is 0 Å². The molecule has 0 radical (unpaired) electrons. The van der Waals surface area contributed by atoms with Crippen molar-refractivity contribution >= 4 is 21.5 Å². The molecule has 118 valence electrons. The Hall–Kier alpha value is -2.88. The van der Waals surface area contributed by atoms with Crippen molar-refractivity contribution in [1.82, 2.24) is 20.6 Å². The van der Waals surface area contributed by atoms with Gasteiger partial charge < -0.3 is 0 Å². The number of aryl methyl sites for hydroxylation is 2. The largest absolute Gasteiger partial charge is 0.136 e. The Morgan fingerprint density at radius 3 is 2.17 bits per heavy atom.